The van der Waals surface area contributed by atoms with Crippen molar-refractivity contribution in [3.8, 4) is 0 Å². The van der Waals surface area contributed by atoms with Crippen molar-refractivity contribution in [3.63, 3.8) is 0 Å². The molecule has 0 radical (unpaired) electrons. The molecule has 0 saturated heterocycles. The molecule has 9 heteroatoms. The quantitative estimate of drug-likeness (QED) is 0.339. The zero-order valence-corrected chi connectivity index (χ0v) is 20.3. The van der Waals surface area contributed by atoms with Crippen molar-refractivity contribution in [1.29, 1.82) is 0 Å². The van der Waals surface area contributed by atoms with E-state index in [0.29, 0.717) is 19.6 Å². The Hall–Kier alpha value is -2.65. The first kappa shape index (κ1) is 22.5. The second kappa shape index (κ2) is 9.46. The Morgan fingerprint density at radius 3 is 2.66 bits per heavy atom. The number of halogens is 1. The second-order valence-electron chi connectivity index (χ2n) is 7.64. The van der Waals surface area contributed by atoms with E-state index < -0.39 is 0 Å². The summed E-state index contributed by atoms with van der Waals surface area (Å²) in [5.41, 5.74) is 3.02. The lowest BCUT2D eigenvalue weighted by atomic mass is 10.1. The third-order valence-electron chi connectivity index (χ3n) is 5.45. The second-order valence-corrected chi connectivity index (χ2v) is 9.53. The maximum atomic E-state index is 13.7. The largest absolute Gasteiger partial charge is 0.466 e. The molecule has 2 aromatic carbocycles. The number of thiazole rings is 1. The van der Waals surface area contributed by atoms with Crippen LogP contribution in [0.15, 0.2) is 50.5 Å². The fourth-order valence-corrected chi connectivity index (χ4v) is 5.51. The molecule has 2 aromatic heterocycles. The number of carbonyl (C=O) groups excluding carboxylic acids is 1. The van der Waals surface area contributed by atoms with E-state index >= 15 is 0 Å². The van der Waals surface area contributed by atoms with E-state index in [9.17, 15) is 14.4 Å². The molecule has 0 fully saturated rings. The van der Waals surface area contributed by atoms with Crippen LogP contribution in [0.25, 0.3) is 21.3 Å². The van der Waals surface area contributed by atoms with Crippen molar-refractivity contribution in [3.05, 3.63) is 66.6 Å². The van der Waals surface area contributed by atoms with Gasteiger partial charge >= 0.3 is 16.5 Å². The summed E-state index contributed by atoms with van der Waals surface area (Å²) in [7, 11) is 0. The maximum Gasteiger partial charge on any atom is 0.329 e. The van der Waals surface area contributed by atoms with E-state index in [2.05, 4.69) is 20.9 Å². The summed E-state index contributed by atoms with van der Waals surface area (Å²) in [5.74, 6) is -0.305. The highest BCUT2D eigenvalue weighted by atomic mass is 79.9. The molecule has 0 aliphatic rings. The Morgan fingerprint density at radius 1 is 1.19 bits per heavy atom. The lowest BCUT2D eigenvalue weighted by Gasteiger charge is -2.17. The van der Waals surface area contributed by atoms with Gasteiger partial charge in [0.2, 0.25) is 0 Å². The van der Waals surface area contributed by atoms with Crippen LogP contribution >= 0.6 is 27.3 Å². The minimum atomic E-state index is -0.305. The van der Waals surface area contributed by atoms with Crippen LogP contribution in [0.3, 0.4) is 0 Å². The van der Waals surface area contributed by atoms with Crippen LogP contribution in [-0.4, -0.2) is 26.7 Å². The number of aromatic amines is 1. The monoisotopic (exact) mass is 517 g/mol. The summed E-state index contributed by atoms with van der Waals surface area (Å²) in [6, 6.07) is 11.1. The van der Waals surface area contributed by atoms with Gasteiger partial charge in [0, 0.05) is 10.5 Å². The molecule has 168 valence electrons. The molecule has 2 heterocycles. The Morgan fingerprint density at radius 2 is 1.94 bits per heavy atom. The van der Waals surface area contributed by atoms with Gasteiger partial charge in [0.05, 0.1) is 40.8 Å². The van der Waals surface area contributed by atoms with Gasteiger partial charge in [-0.3, -0.25) is 18.7 Å². The molecule has 1 unspecified atom stereocenters. The third-order valence-corrected chi connectivity index (χ3v) is 6.89. The summed E-state index contributed by atoms with van der Waals surface area (Å²) in [5, 5.41) is 0. The van der Waals surface area contributed by atoms with Gasteiger partial charge in [-0.05, 0) is 43.2 Å². The number of para-hydroxylation sites is 2. The number of nitrogens with one attached hydrogen (secondary N) is 1. The molecular weight excluding hydrogens is 494 g/mol. The number of rotatable bonds is 8. The first-order valence-electron chi connectivity index (χ1n) is 10.6. The number of esters is 1. The van der Waals surface area contributed by atoms with Crippen LogP contribution in [0.2, 0.25) is 0 Å². The molecule has 0 aliphatic carbocycles. The molecule has 4 aromatic rings. The average Bonchev–Trinajstić information content (AvgIpc) is 3.25. The predicted octanol–water partition coefficient (Wildman–Crippen LogP) is 4.81. The van der Waals surface area contributed by atoms with Crippen molar-refractivity contribution < 1.29 is 9.53 Å². The Balaban J connectivity index is 1.86. The van der Waals surface area contributed by atoms with E-state index in [1.165, 1.54) is 0 Å². The van der Waals surface area contributed by atoms with Crippen LogP contribution in [0, 0.1) is 0 Å². The number of aromatic nitrogens is 3. The summed E-state index contributed by atoms with van der Waals surface area (Å²) in [6.07, 6.45) is 1.67. The normalized spacial score (nSPS) is 12.5. The maximum absolute atomic E-state index is 13.7. The van der Waals surface area contributed by atoms with Crippen molar-refractivity contribution in [2.75, 3.05) is 6.61 Å². The van der Waals surface area contributed by atoms with Gasteiger partial charge in [-0.2, -0.15) is 0 Å². The molecule has 0 aliphatic heterocycles. The van der Waals surface area contributed by atoms with Crippen LogP contribution in [-0.2, 0) is 16.1 Å². The summed E-state index contributed by atoms with van der Waals surface area (Å²) < 4.78 is 10.3. The lowest BCUT2D eigenvalue weighted by Crippen LogP contribution is -2.29. The zero-order chi connectivity index (χ0) is 22.8. The topological polar surface area (TPSA) is 86.1 Å². The molecule has 0 saturated carbocycles. The Labute approximate surface area is 196 Å². The predicted molar refractivity (Wildman–Crippen MR) is 131 cm³/mol. The van der Waals surface area contributed by atoms with E-state index in [1.807, 2.05) is 43.3 Å². The Bertz CT molecular complexity index is 1400. The molecule has 1 atom stereocenters. The van der Waals surface area contributed by atoms with Gasteiger partial charge in [0.25, 0.3) is 0 Å². The van der Waals surface area contributed by atoms with Crippen LogP contribution in [0.4, 0.5) is 0 Å². The van der Waals surface area contributed by atoms with Gasteiger partial charge in [0.1, 0.15) is 0 Å². The smallest absolute Gasteiger partial charge is 0.329 e. The number of imidazole rings is 1. The van der Waals surface area contributed by atoms with Crippen LogP contribution in [0.5, 0.6) is 0 Å². The molecule has 0 amide bonds. The fourth-order valence-electron chi connectivity index (χ4n) is 4.19. The minimum Gasteiger partial charge on any atom is -0.466 e. The number of hydrogen-bond donors (Lipinski definition) is 1. The molecule has 0 bridgehead atoms. The highest BCUT2D eigenvalue weighted by molar-refractivity contribution is 9.10. The number of hydrogen-bond acceptors (Lipinski definition) is 5. The summed E-state index contributed by atoms with van der Waals surface area (Å²) in [4.78, 5) is 40.6. The molecule has 4 rings (SSSR count). The Kier molecular flexibility index (Phi) is 6.66. The number of benzene rings is 2. The van der Waals surface area contributed by atoms with Crippen molar-refractivity contribution in [1.82, 2.24) is 14.1 Å². The highest BCUT2D eigenvalue weighted by Gasteiger charge is 2.23. The van der Waals surface area contributed by atoms with Gasteiger partial charge in [0.15, 0.2) is 0 Å². The van der Waals surface area contributed by atoms with Gasteiger partial charge in [-0.1, -0.05) is 52.7 Å². The molecule has 1 N–H and O–H groups in total. The number of H-pyrrole nitrogens is 1. The highest BCUT2D eigenvalue weighted by Crippen LogP contribution is 2.28. The van der Waals surface area contributed by atoms with E-state index in [0.717, 1.165) is 49.0 Å². The zero-order valence-electron chi connectivity index (χ0n) is 17.9. The first-order valence-corrected chi connectivity index (χ1v) is 12.2. The van der Waals surface area contributed by atoms with Crippen LogP contribution < -0.4 is 10.6 Å². The number of nitrogens with zero attached hydrogens (tertiary/aromatic N) is 2. The first-order chi connectivity index (χ1) is 15.4. The standard InChI is InChI=1S/C23H24BrN3O4S/c1-3-7-16(12-20(28)31-4-2)27-19-9-6-5-8-18(19)26(23(27)30)13-14-10-15(24)11-17-21(14)32-22(29)25-17/h5-6,8-11,16H,3-4,7,12-13H2,1-2H3,(H,25,29). The summed E-state index contributed by atoms with van der Waals surface area (Å²) >= 11 is 4.64. The summed E-state index contributed by atoms with van der Waals surface area (Å²) in [6.45, 7) is 4.44. The van der Waals surface area contributed by atoms with Gasteiger partial charge in [-0.15, -0.1) is 0 Å². The molecule has 7 nitrogen and oxygen atoms in total. The number of fused-ring (bicyclic) bond motifs is 2. The average molecular weight is 518 g/mol. The number of ether oxygens (including phenoxy) is 1. The van der Waals surface area contributed by atoms with Gasteiger partial charge in [-0.25, -0.2) is 4.79 Å². The molecule has 0 spiro atoms. The van der Waals surface area contributed by atoms with E-state index in [4.69, 9.17) is 4.74 Å². The third kappa shape index (κ3) is 4.31. The number of carbonyl (C=O) groups is 1. The van der Waals surface area contributed by atoms with E-state index in [1.54, 1.807) is 16.1 Å². The van der Waals surface area contributed by atoms with Gasteiger partial charge < -0.3 is 9.72 Å². The van der Waals surface area contributed by atoms with Crippen LogP contribution in [0.1, 0.15) is 44.7 Å². The lowest BCUT2D eigenvalue weighted by molar-refractivity contribution is -0.144. The fraction of sp³-hybridized carbons (Fsp3) is 0.348. The molecular formula is C23H24BrN3O4S. The van der Waals surface area contributed by atoms with Crippen molar-refractivity contribution >= 4 is 54.5 Å². The van der Waals surface area contributed by atoms with Crippen molar-refractivity contribution in [2.24, 2.45) is 0 Å². The molecule has 32 heavy (non-hydrogen) atoms. The van der Waals surface area contributed by atoms with E-state index in [-0.39, 0.29) is 29.0 Å². The van der Waals surface area contributed by atoms with Crippen molar-refractivity contribution in [2.45, 2.75) is 45.7 Å². The minimum absolute atomic E-state index is 0.133. The SMILES string of the molecule is CCCC(CC(=O)OCC)n1c(=O)n(Cc2cc(Br)cc3[nH]c(=O)sc23)c2ccccc21.